The number of amides is 2. The van der Waals surface area contributed by atoms with Crippen LogP contribution in [0.4, 0.5) is 0 Å². The number of furan rings is 1. The van der Waals surface area contributed by atoms with Gasteiger partial charge in [-0.15, -0.1) is 0 Å². The molecule has 1 fully saturated rings. The summed E-state index contributed by atoms with van der Waals surface area (Å²) in [6.45, 7) is 2.21. The summed E-state index contributed by atoms with van der Waals surface area (Å²) in [5.41, 5.74) is 3.85. The van der Waals surface area contributed by atoms with E-state index in [-0.39, 0.29) is 18.3 Å². The lowest BCUT2D eigenvalue weighted by molar-refractivity contribution is -0.137. The number of ether oxygens (including phenoxy) is 2. The van der Waals surface area contributed by atoms with E-state index in [0.29, 0.717) is 42.1 Å². The van der Waals surface area contributed by atoms with Crippen molar-refractivity contribution in [1.82, 2.24) is 10.3 Å². The van der Waals surface area contributed by atoms with Crippen molar-refractivity contribution in [2.24, 2.45) is 5.10 Å². The monoisotopic (exact) mass is 689 g/mol. The number of hydrazone groups is 1. The van der Waals surface area contributed by atoms with E-state index in [0.717, 1.165) is 19.0 Å². The molecule has 0 spiro atoms. The van der Waals surface area contributed by atoms with Crippen LogP contribution in [0.2, 0.25) is 0 Å². The summed E-state index contributed by atoms with van der Waals surface area (Å²) in [5.74, 6) is 0.190. The van der Waals surface area contributed by atoms with Gasteiger partial charge in [-0.1, -0.05) is 15.9 Å². The number of carbonyl (C=O) groups excluding carboxylic acids is 2. The Morgan fingerprint density at radius 3 is 2.73 bits per heavy atom. The second-order valence-corrected chi connectivity index (χ2v) is 10.0. The predicted molar refractivity (Wildman–Crippen MR) is 139 cm³/mol. The Kier molecular flexibility index (Phi) is 8.04. The molecular formula is C22H18Br2IN3O5. The fraction of sp³-hybridized carbons (Fsp3) is 0.227. The summed E-state index contributed by atoms with van der Waals surface area (Å²) < 4.78 is 19.0. The highest BCUT2D eigenvalue weighted by molar-refractivity contribution is 14.1. The fourth-order valence-electron chi connectivity index (χ4n) is 3.17. The molecule has 1 N–H and O–H groups in total. The molecule has 1 saturated heterocycles. The van der Waals surface area contributed by atoms with E-state index in [1.165, 1.54) is 6.21 Å². The first-order chi connectivity index (χ1) is 15.9. The third-order valence-electron chi connectivity index (χ3n) is 4.81. The third-order valence-corrected chi connectivity index (χ3v) is 6.69. The molecule has 0 unspecified atom stereocenters. The molecule has 0 bridgehead atoms. The summed E-state index contributed by atoms with van der Waals surface area (Å²) >= 11 is 9.04. The van der Waals surface area contributed by atoms with Crippen molar-refractivity contribution in [3.8, 4) is 5.75 Å². The van der Waals surface area contributed by atoms with Gasteiger partial charge in [0.15, 0.2) is 12.4 Å². The van der Waals surface area contributed by atoms with Crippen molar-refractivity contribution in [3.63, 3.8) is 0 Å². The van der Waals surface area contributed by atoms with Gasteiger partial charge < -0.3 is 18.8 Å². The minimum Gasteiger partial charge on any atom is -0.483 e. The maximum atomic E-state index is 12.4. The van der Waals surface area contributed by atoms with Crippen LogP contribution in [0.1, 0.15) is 16.1 Å². The summed E-state index contributed by atoms with van der Waals surface area (Å²) in [6, 6.07) is 10.8. The minimum atomic E-state index is -0.449. The van der Waals surface area contributed by atoms with Gasteiger partial charge in [0.2, 0.25) is 0 Å². The van der Waals surface area contributed by atoms with E-state index in [9.17, 15) is 9.59 Å². The number of halogens is 3. The van der Waals surface area contributed by atoms with Crippen LogP contribution >= 0.6 is 54.5 Å². The lowest BCUT2D eigenvalue weighted by Crippen LogP contribution is -2.43. The second kappa shape index (κ2) is 11.0. The SMILES string of the molecule is O=C(N/N=C\c1ccc(OCC(=O)N2CCOCC2)c(Br)c1)c1cc2cc(Br)cc(I)c2o1. The average Bonchev–Trinajstić information content (AvgIpc) is 3.23. The minimum absolute atomic E-state index is 0.0465. The van der Waals surface area contributed by atoms with Crippen molar-refractivity contribution in [3.05, 3.63) is 60.2 Å². The Labute approximate surface area is 220 Å². The first-order valence-electron chi connectivity index (χ1n) is 9.90. The lowest BCUT2D eigenvalue weighted by atomic mass is 10.2. The molecule has 172 valence electrons. The quantitative estimate of drug-likeness (QED) is 0.233. The van der Waals surface area contributed by atoms with Crippen molar-refractivity contribution >= 4 is 83.4 Å². The summed E-state index contributed by atoms with van der Waals surface area (Å²) in [7, 11) is 0. The Bertz CT molecular complexity index is 1220. The largest absolute Gasteiger partial charge is 0.483 e. The lowest BCUT2D eigenvalue weighted by Gasteiger charge is -2.26. The van der Waals surface area contributed by atoms with Gasteiger partial charge in [0.05, 0.1) is 27.5 Å². The van der Waals surface area contributed by atoms with Crippen LogP contribution in [0, 0.1) is 3.57 Å². The van der Waals surface area contributed by atoms with E-state index in [4.69, 9.17) is 13.9 Å². The van der Waals surface area contributed by atoms with Crippen molar-refractivity contribution < 1.29 is 23.5 Å². The summed E-state index contributed by atoms with van der Waals surface area (Å²) in [5, 5.41) is 4.83. The molecule has 0 radical (unpaired) electrons. The zero-order valence-electron chi connectivity index (χ0n) is 17.1. The molecule has 1 aliphatic heterocycles. The van der Waals surface area contributed by atoms with Crippen LogP contribution in [0.25, 0.3) is 11.0 Å². The Hall–Kier alpha value is -1.96. The van der Waals surface area contributed by atoms with Gasteiger partial charge in [-0.2, -0.15) is 5.10 Å². The van der Waals surface area contributed by atoms with Gasteiger partial charge in [-0.05, 0) is 80.5 Å². The van der Waals surface area contributed by atoms with Crippen LogP contribution in [0.15, 0.2) is 54.9 Å². The zero-order chi connectivity index (χ0) is 23.4. The molecule has 2 aromatic carbocycles. The van der Waals surface area contributed by atoms with Crippen LogP contribution < -0.4 is 10.2 Å². The molecule has 33 heavy (non-hydrogen) atoms. The van der Waals surface area contributed by atoms with Crippen molar-refractivity contribution in [1.29, 1.82) is 0 Å². The first-order valence-corrected chi connectivity index (χ1v) is 12.6. The molecule has 11 heteroatoms. The standard InChI is InChI=1S/C22H18Br2IN3O5/c23-15-8-14-9-19(33-21(14)17(25)10-15)22(30)27-26-11-13-1-2-18(16(24)7-13)32-12-20(29)28-3-5-31-6-4-28/h1-2,7-11H,3-6,12H2,(H,27,30)/b26-11-. The molecule has 1 aliphatic rings. The Morgan fingerprint density at radius 1 is 1.18 bits per heavy atom. The number of benzene rings is 2. The van der Waals surface area contributed by atoms with Crippen LogP contribution in [0.5, 0.6) is 5.75 Å². The van der Waals surface area contributed by atoms with Crippen molar-refractivity contribution in [2.75, 3.05) is 32.9 Å². The number of hydrogen-bond donors (Lipinski definition) is 1. The van der Waals surface area contributed by atoms with E-state index >= 15 is 0 Å². The Balaban J connectivity index is 1.33. The van der Waals surface area contributed by atoms with Gasteiger partial charge in [0, 0.05) is 22.9 Å². The van der Waals surface area contributed by atoms with Crippen molar-refractivity contribution in [2.45, 2.75) is 0 Å². The average molecular weight is 691 g/mol. The van der Waals surface area contributed by atoms with Crippen LogP contribution in [-0.4, -0.2) is 55.8 Å². The smallest absolute Gasteiger partial charge is 0.307 e. The summed E-state index contributed by atoms with van der Waals surface area (Å²) in [4.78, 5) is 26.3. The highest BCUT2D eigenvalue weighted by atomic mass is 127. The first kappa shape index (κ1) is 24.2. The number of morpholine rings is 1. The van der Waals surface area contributed by atoms with Crippen LogP contribution in [0.3, 0.4) is 0 Å². The van der Waals surface area contributed by atoms with E-state index in [1.54, 1.807) is 29.2 Å². The summed E-state index contributed by atoms with van der Waals surface area (Å²) in [6.07, 6.45) is 1.51. The highest BCUT2D eigenvalue weighted by Gasteiger charge is 2.18. The maximum absolute atomic E-state index is 12.4. The van der Waals surface area contributed by atoms with Gasteiger partial charge in [-0.25, -0.2) is 5.43 Å². The Morgan fingerprint density at radius 2 is 1.97 bits per heavy atom. The second-order valence-electron chi connectivity index (χ2n) is 7.09. The molecule has 2 heterocycles. The van der Waals surface area contributed by atoms with Crippen LogP contribution in [-0.2, 0) is 9.53 Å². The zero-order valence-corrected chi connectivity index (χ0v) is 22.5. The van der Waals surface area contributed by atoms with Gasteiger partial charge in [0.25, 0.3) is 5.91 Å². The van der Waals surface area contributed by atoms with Gasteiger partial charge in [-0.3, -0.25) is 9.59 Å². The number of carbonyl (C=O) groups is 2. The molecule has 4 rings (SSSR count). The fourth-order valence-corrected chi connectivity index (χ4v) is 5.34. The van der Waals surface area contributed by atoms with Gasteiger partial charge >= 0.3 is 5.91 Å². The molecule has 3 aromatic rings. The van der Waals surface area contributed by atoms with E-state index in [1.807, 2.05) is 12.1 Å². The molecular weight excluding hydrogens is 673 g/mol. The molecule has 0 atom stereocenters. The number of nitrogens with zero attached hydrogens (tertiary/aromatic N) is 2. The molecule has 2 amide bonds. The highest BCUT2D eigenvalue weighted by Crippen LogP contribution is 2.28. The number of fused-ring (bicyclic) bond motifs is 1. The molecule has 1 aromatic heterocycles. The molecule has 8 nitrogen and oxygen atoms in total. The van der Waals surface area contributed by atoms with Gasteiger partial charge in [0.1, 0.15) is 11.3 Å². The number of nitrogens with one attached hydrogen (secondary N) is 1. The maximum Gasteiger partial charge on any atom is 0.307 e. The number of rotatable bonds is 6. The molecule has 0 aliphatic carbocycles. The van der Waals surface area contributed by atoms with E-state index in [2.05, 4.69) is 65.0 Å². The number of hydrogen-bond acceptors (Lipinski definition) is 6. The molecule has 0 saturated carbocycles. The normalized spacial score (nSPS) is 14.1. The van der Waals surface area contributed by atoms with E-state index < -0.39 is 5.91 Å². The third kappa shape index (κ3) is 6.14. The predicted octanol–water partition coefficient (Wildman–Crippen LogP) is 4.56. The topological polar surface area (TPSA) is 93.4 Å².